The highest BCUT2D eigenvalue weighted by molar-refractivity contribution is 7.16. The molecular formula is C22H23N5O2S. The number of fused-ring (bicyclic) bond motifs is 1. The molecule has 1 N–H and O–H groups in total. The first-order chi connectivity index (χ1) is 14.6. The monoisotopic (exact) mass is 421 g/mol. The summed E-state index contributed by atoms with van der Waals surface area (Å²) in [4.78, 5) is 39.1. The Morgan fingerprint density at radius 3 is 2.70 bits per heavy atom. The van der Waals surface area contributed by atoms with Gasteiger partial charge < -0.3 is 15.1 Å². The SMILES string of the molecule is CC1CC1C(=O)Nc1cccc(C(=O)N2CCN(c3ncnc4sccc34)CC2)c1. The van der Waals surface area contributed by atoms with Gasteiger partial charge in [0.1, 0.15) is 17.0 Å². The van der Waals surface area contributed by atoms with E-state index in [1.807, 2.05) is 28.5 Å². The minimum atomic E-state index is -0.00564. The summed E-state index contributed by atoms with van der Waals surface area (Å²) in [6.45, 7) is 4.79. The molecule has 7 nitrogen and oxygen atoms in total. The molecule has 1 saturated carbocycles. The molecule has 1 saturated heterocycles. The smallest absolute Gasteiger partial charge is 0.254 e. The third-order valence-corrected chi connectivity index (χ3v) is 6.75. The molecule has 1 aliphatic heterocycles. The van der Waals surface area contributed by atoms with Crippen LogP contribution in [0.3, 0.4) is 0 Å². The predicted octanol–water partition coefficient (Wildman–Crippen LogP) is 3.25. The van der Waals surface area contributed by atoms with Crippen LogP contribution in [-0.4, -0.2) is 52.9 Å². The van der Waals surface area contributed by atoms with Crippen molar-refractivity contribution < 1.29 is 9.59 Å². The summed E-state index contributed by atoms with van der Waals surface area (Å²) >= 11 is 1.61. The number of nitrogens with one attached hydrogen (secondary N) is 1. The third-order valence-electron chi connectivity index (χ3n) is 5.93. The summed E-state index contributed by atoms with van der Waals surface area (Å²) in [5.41, 5.74) is 1.29. The largest absolute Gasteiger partial charge is 0.352 e. The van der Waals surface area contributed by atoms with Crippen molar-refractivity contribution in [1.29, 1.82) is 0 Å². The Labute approximate surface area is 178 Å². The summed E-state index contributed by atoms with van der Waals surface area (Å²) < 4.78 is 0. The molecule has 0 spiro atoms. The minimum Gasteiger partial charge on any atom is -0.352 e. The van der Waals surface area contributed by atoms with E-state index in [-0.39, 0.29) is 17.7 Å². The van der Waals surface area contributed by atoms with E-state index in [4.69, 9.17) is 0 Å². The van der Waals surface area contributed by atoms with Gasteiger partial charge in [0.25, 0.3) is 5.91 Å². The van der Waals surface area contributed by atoms with Crippen molar-refractivity contribution in [3.63, 3.8) is 0 Å². The first kappa shape index (κ1) is 19.0. The molecule has 1 aromatic carbocycles. The van der Waals surface area contributed by atoms with Crippen molar-refractivity contribution in [3.8, 4) is 0 Å². The Bertz CT molecular complexity index is 1110. The summed E-state index contributed by atoms with van der Waals surface area (Å²) in [6, 6.07) is 9.29. The first-order valence-electron chi connectivity index (χ1n) is 10.2. The van der Waals surface area contributed by atoms with Crippen LogP contribution in [-0.2, 0) is 4.79 Å². The van der Waals surface area contributed by atoms with E-state index in [0.29, 0.717) is 30.3 Å². The number of anilines is 2. The van der Waals surface area contributed by atoms with Crippen LogP contribution in [0.4, 0.5) is 11.5 Å². The van der Waals surface area contributed by atoms with Crippen molar-refractivity contribution in [2.24, 2.45) is 11.8 Å². The van der Waals surface area contributed by atoms with Gasteiger partial charge in [-0.05, 0) is 42.0 Å². The molecule has 0 radical (unpaired) electrons. The number of rotatable bonds is 4. The van der Waals surface area contributed by atoms with Gasteiger partial charge in [0, 0.05) is 43.3 Å². The van der Waals surface area contributed by atoms with E-state index in [1.54, 1.807) is 23.7 Å². The fourth-order valence-electron chi connectivity index (χ4n) is 3.99. The van der Waals surface area contributed by atoms with Crippen molar-refractivity contribution in [2.45, 2.75) is 13.3 Å². The second kappa shape index (κ2) is 7.68. The fraction of sp³-hybridized carbons (Fsp3) is 0.364. The summed E-state index contributed by atoms with van der Waals surface area (Å²) in [7, 11) is 0. The van der Waals surface area contributed by atoms with Crippen molar-refractivity contribution in [1.82, 2.24) is 14.9 Å². The van der Waals surface area contributed by atoms with Crippen LogP contribution in [0.15, 0.2) is 42.0 Å². The highest BCUT2D eigenvalue weighted by Crippen LogP contribution is 2.38. The standard InChI is InChI=1S/C22H23N5O2S/c1-14-11-18(14)20(28)25-16-4-2-3-15(12-16)22(29)27-8-6-26(7-9-27)19-17-5-10-30-21(17)24-13-23-19/h2-5,10,12-14,18H,6-9,11H2,1H3,(H,25,28). The van der Waals surface area contributed by atoms with Crippen LogP contribution in [0.2, 0.25) is 0 Å². The Balaban J connectivity index is 1.24. The number of piperazine rings is 1. The van der Waals surface area contributed by atoms with E-state index < -0.39 is 0 Å². The van der Waals surface area contributed by atoms with Crippen LogP contribution in [0.5, 0.6) is 0 Å². The summed E-state index contributed by atoms with van der Waals surface area (Å²) in [6.07, 6.45) is 2.55. The molecule has 8 heteroatoms. The van der Waals surface area contributed by atoms with Crippen molar-refractivity contribution in [2.75, 3.05) is 36.4 Å². The van der Waals surface area contributed by atoms with Gasteiger partial charge in [0.2, 0.25) is 5.91 Å². The molecule has 154 valence electrons. The lowest BCUT2D eigenvalue weighted by atomic mass is 10.1. The number of hydrogen-bond donors (Lipinski definition) is 1. The van der Waals surface area contributed by atoms with E-state index in [0.717, 1.165) is 35.5 Å². The number of nitrogens with zero attached hydrogens (tertiary/aromatic N) is 4. The Kier molecular flexibility index (Phi) is 4.86. The Morgan fingerprint density at radius 1 is 1.13 bits per heavy atom. The number of aromatic nitrogens is 2. The molecule has 5 rings (SSSR count). The van der Waals surface area contributed by atoms with Gasteiger partial charge >= 0.3 is 0 Å². The average Bonchev–Trinajstić information content (AvgIpc) is 3.31. The van der Waals surface area contributed by atoms with Gasteiger partial charge in [0.05, 0.1) is 5.39 Å². The van der Waals surface area contributed by atoms with Crippen LogP contribution >= 0.6 is 11.3 Å². The topological polar surface area (TPSA) is 78.4 Å². The molecule has 2 atom stereocenters. The van der Waals surface area contributed by atoms with Crippen LogP contribution in [0.1, 0.15) is 23.7 Å². The van der Waals surface area contributed by atoms with Gasteiger partial charge in [-0.15, -0.1) is 11.3 Å². The maximum absolute atomic E-state index is 13.0. The van der Waals surface area contributed by atoms with Crippen LogP contribution in [0, 0.1) is 11.8 Å². The molecule has 3 heterocycles. The number of carbonyl (C=O) groups excluding carboxylic acids is 2. The molecular weight excluding hydrogens is 398 g/mol. The van der Waals surface area contributed by atoms with Gasteiger partial charge in [-0.25, -0.2) is 9.97 Å². The zero-order valence-corrected chi connectivity index (χ0v) is 17.6. The molecule has 3 aromatic rings. The highest BCUT2D eigenvalue weighted by atomic mass is 32.1. The molecule has 30 heavy (non-hydrogen) atoms. The lowest BCUT2D eigenvalue weighted by molar-refractivity contribution is -0.117. The maximum Gasteiger partial charge on any atom is 0.254 e. The predicted molar refractivity (Wildman–Crippen MR) is 118 cm³/mol. The van der Waals surface area contributed by atoms with Gasteiger partial charge in [-0.1, -0.05) is 13.0 Å². The van der Waals surface area contributed by atoms with E-state index in [9.17, 15) is 9.59 Å². The maximum atomic E-state index is 13.0. The second-order valence-corrected chi connectivity index (χ2v) is 8.90. The molecule has 2 fully saturated rings. The highest BCUT2D eigenvalue weighted by Gasteiger charge is 2.39. The van der Waals surface area contributed by atoms with Gasteiger partial charge in [-0.2, -0.15) is 0 Å². The number of thiophene rings is 1. The molecule has 1 aliphatic carbocycles. The van der Waals surface area contributed by atoms with Gasteiger partial charge in [-0.3, -0.25) is 9.59 Å². The normalized spacial score (nSPS) is 21.0. The summed E-state index contributed by atoms with van der Waals surface area (Å²) in [5, 5.41) is 6.04. The number of carbonyl (C=O) groups is 2. The van der Waals surface area contributed by atoms with Crippen molar-refractivity contribution >= 4 is 44.9 Å². The zero-order chi connectivity index (χ0) is 20.7. The molecule has 2 amide bonds. The molecule has 2 aromatic heterocycles. The fourth-order valence-corrected chi connectivity index (χ4v) is 4.71. The van der Waals surface area contributed by atoms with Crippen LogP contribution < -0.4 is 10.2 Å². The molecule has 2 aliphatic rings. The van der Waals surface area contributed by atoms with Crippen molar-refractivity contribution in [3.05, 3.63) is 47.6 Å². The molecule has 0 bridgehead atoms. The lowest BCUT2D eigenvalue weighted by Crippen LogP contribution is -2.49. The van der Waals surface area contributed by atoms with E-state index >= 15 is 0 Å². The Hall–Kier alpha value is -3.00. The average molecular weight is 422 g/mol. The van der Waals surface area contributed by atoms with Gasteiger partial charge in [0.15, 0.2) is 0 Å². The third kappa shape index (κ3) is 3.63. The minimum absolute atomic E-state index is 0.00564. The summed E-state index contributed by atoms with van der Waals surface area (Å²) in [5.74, 6) is 1.54. The van der Waals surface area contributed by atoms with E-state index in [2.05, 4.69) is 33.2 Å². The molecule has 2 unspecified atom stereocenters. The van der Waals surface area contributed by atoms with Crippen LogP contribution in [0.25, 0.3) is 10.2 Å². The second-order valence-electron chi connectivity index (χ2n) is 8.01. The lowest BCUT2D eigenvalue weighted by Gasteiger charge is -2.35. The number of hydrogen-bond acceptors (Lipinski definition) is 6. The number of amides is 2. The van der Waals surface area contributed by atoms with E-state index in [1.165, 1.54) is 0 Å². The quantitative estimate of drug-likeness (QED) is 0.700. The first-order valence-corrected chi connectivity index (χ1v) is 11.1. The zero-order valence-electron chi connectivity index (χ0n) is 16.7. The number of benzene rings is 1. The Morgan fingerprint density at radius 2 is 1.93 bits per heavy atom.